The molecule has 0 heterocycles. The van der Waals surface area contributed by atoms with Crippen molar-refractivity contribution in [1.29, 1.82) is 0 Å². The van der Waals surface area contributed by atoms with Gasteiger partial charge in [0.15, 0.2) is 6.10 Å². The lowest BCUT2D eigenvalue weighted by Gasteiger charge is -2.19. The van der Waals surface area contributed by atoms with Crippen LogP contribution in [0.2, 0.25) is 0 Å². The summed E-state index contributed by atoms with van der Waals surface area (Å²) >= 11 is 0. The third-order valence-corrected chi connectivity index (χ3v) is 5.33. The van der Waals surface area contributed by atoms with Crippen LogP contribution in [0.3, 0.4) is 0 Å². The molecule has 0 bridgehead atoms. The zero-order valence-corrected chi connectivity index (χ0v) is 17.1. The predicted octanol–water partition coefficient (Wildman–Crippen LogP) is 3.50. The summed E-state index contributed by atoms with van der Waals surface area (Å²) in [6.07, 6.45) is 0.994. The highest BCUT2D eigenvalue weighted by Crippen LogP contribution is 2.22. The van der Waals surface area contributed by atoms with Crippen molar-refractivity contribution in [2.75, 3.05) is 22.9 Å². The zero-order chi connectivity index (χ0) is 20.2. The number of hydrogen-bond acceptors (Lipinski definition) is 4. The van der Waals surface area contributed by atoms with E-state index in [9.17, 15) is 13.2 Å². The second kappa shape index (κ2) is 8.43. The van der Waals surface area contributed by atoms with E-state index < -0.39 is 16.1 Å². The summed E-state index contributed by atoms with van der Waals surface area (Å²) in [6.45, 7) is 5.83. The Hall–Kier alpha value is -2.54. The van der Waals surface area contributed by atoms with Crippen LogP contribution in [0.5, 0.6) is 5.75 Å². The van der Waals surface area contributed by atoms with Crippen molar-refractivity contribution in [2.24, 2.45) is 0 Å². The first kappa shape index (κ1) is 20.8. The lowest BCUT2D eigenvalue weighted by molar-refractivity contribution is -0.122. The average Bonchev–Trinajstić information content (AvgIpc) is 2.57. The van der Waals surface area contributed by atoms with Gasteiger partial charge in [0.2, 0.25) is 10.0 Å². The Balaban J connectivity index is 2.08. The minimum absolute atomic E-state index is 0.222. The Bertz CT molecular complexity index is 888. The molecule has 2 aromatic carbocycles. The standard InChI is InChI=1S/C20H26N2O4S/c1-6-19(20(23)21-16-12-14(2)11-15(3)13-16)26-18-9-7-17(8-10-18)22(4)27(5,24)25/h7-13,19H,6H2,1-5H3,(H,21,23)/t19-/m0/s1. The van der Waals surface area contributed by atoms with E-state index in [1.807, 2.05) is 39.0 Å². The summed E-state index contributed by atoms with van der Waals surface area (Å²) < 4.78 is 30.2. The number of anilines is 2. The summed E-state index contributed by atoms with van der Waals surface area (Å²) in [5.74, 6) is 0.280. The molecule has 0 saturated heterocycles. The molecule has 1 atom stereocenters. The van der Waals surface area contributed by atoms with Crippen LogP contribution in [0, 0.1) is 13.8 Å². The van der Waals surface area contributed by atoms with Gasteiger partial charge in [0.05, 0.1) is 11.9 Å². The predicted molar refractivity (Wildman–Crippen MR) is 109 cm³/mol. The van der Waals surface area contributed by atoms with Crippen LogP contribution in [-0.4, -0.2) is 33.7 Å². The molecule has 0 radical (unpaired) electrons. The van der Waals surface area contributed by atoms with Gasteiger partial charge in [0, 0.05) is 12.7 Å². The lowest BCUT2D eigenvalue weighted by atomic mass is 10.1. The molecule has 0 unspecified atom stereocenters. The van der Waals surface area contributed by atoms with Crippen molar-refractivity contribution in [3.63, 3.8) is 0 Å². The largest absolute Gasteiger partial charge is 0.481 e. The van der Waals surface area contributed by atoms with Crippen LogP contribution >= 0.6 is 0 Å². The van der Waals surface area contributed by atoms with Gasteiger partial charge in [-0.25, -0.2) is 8.42 Å². The Morgan fingerprint density at radius 1 is 1.11 bits per heavy atom. The molecule has 0 aromatic heterocycles. The number of amides is 1. The number of aryl methyl sites for hydroxylation is 2. The molecule has 27 heavy (non-hydrogen) atoms. The second-order valence-corrected chi connectivity index (χ2v) is 8.62. The zero-order valence-electron chi connectivity index (χ0n) is 16.3. The van der Waals surface area contributed by atoms with E-state index >= 15 is 0 Å². The molecular formula is C20H26N2O4S. The highest BCUT2D eigenvalue weighted by molar-refractivity contribution is 7.92. The first-order chi connectivity index (χ1) is 12.6. The first-order valence-corrected chi connectivity index (χ1v) is 10.5. The maximum Gasteiger partial charge on any atom is 0.265 e. The molecule has 6 nitrogen and oxygen atoms in total. The number of nitrogens with zero attached hydrogens (tertiary/aromatic N) is 1. The van der Waals surface area contributed by atoms with Crippen molar-refractivity contribution in [3.05, 3.63) is 53.6 Å². The number of benzene rings is 2. The summed E-state index contributed by atoms with van der Waals surface area (Å²) in [4.78, 5) is 12.6. The van der Waals surface area contributed by atoms with Gasteiger partial charge in [-0.1, -0.05) is 13.0 Å². The molecule has 146 valence electrons. The Morgan fingerprint density at radius 2 is 1.67 bits per heavy atom. The quantitative estimate of drug-likeness (QED) is 0.785. The topological polar surface area (TPSA) is 75.7 Å². The van der Waals surface area contributed by atoms with Gasteiger partial charge in [-0.15, -0.1) is 0 Å². The number of sulfonamides is 1. The summed E-state index contributed by atoms with van der Waals surface area (Å²) in [5.41, 5.74) is 3.41. The third-order valence-electron chi connectivity index (χ3n) is 4.13. The number of hydrogen-bond donors (Lipinski definition) is 1. The number of rotatable bonds is 7. The summed E-state index contributed by atoms with van der Waals surface area (Å²) in [5, 5.41) is 2.89. The molecule has 0 aliphatic rings. The molecule has 2 aromatic rings. The van der Waals surface area contributed by atoms with Gasteiger partial charge < -0.3 is 10.1 Å². The molecule has 7 heteroatoms. The SMILES string of the molecule is CC[C@H](Oc1ccc(N(C)S(C)(=O)=O)cc1)C(=O)Nc1cc(C)cc(C)c1. The fourth-order valence-electron chi connectivity index (χ4n) is 2.68. The molecule has 0 spiro atoms. The summed E-state index contributed by atoms with van der Waals surface area (Å²) in [7, 11) is -1.84. The van der Waals surface area contributed by atoms with Crippen molar-refractivity contribution in [2.45, 2.75) is 33.3 Å². The fourth-order valence-corrected chi connectivity index (χ4v) is 3.19. The van der Waals surface area contributed by atoms with E-state index in [0.717, 1.165) is 23.1 Å². The minimum Gasteiger partial charge on any atom is -0.481 e. The van der Waals surface area contributed by atoms with Crippen LogP contribution in [0.15, 0.2) is 42.5 Å². The third kappa shape index (κ3) is 5.72. The highest BCUT2D eigenvalue weighted by Gasteiger charge is 2.19. The van der Waals surface area contributed by atoms with Gasteiger partial charge in [-0.2, -0.15) is 0 Å². The Kier molecular flexibility index (Phi) is 6.49. The highest BCUT2D eigenvalue weighted by atomic mass is 32.2. The normalized spacial score (nSPS) is 12.3. The monoisotopic (exact) mass is 390 g/mol. The summed E-state index contributed by atoms with van der Waals surface area (Å²) in [6, 6.07) is 12.5. The van der Waals surface area contributed by atoms with E-state index in [2.05, 4.69) is 5.32 Å². The molecule has 2 rings (SSSR count). The molecule has 0 saturated carbocycles. The van der Waals surface area contributed by atoms with Crippen LogP contribution in [0.4, 0.5) is 11.4 Å². The second-order valence-electron chi connectivity index (χ2n) is 6.60. The van der Waals surface area contributed by atoms with E-state index in [-0.39, 0.29) is 5.91 Å². The van der Waals surface area contributed by atoms with Crippen molar-refractivity contribution in [3.8, 4) is 5.75 Å². The van der Waals surface area contributed by atoms with Gasteiger partial charge in [0.1, 0.15) is 5.75 Å². The van der Waals surface area contributed by atoms with Gasteiger partial charge in [0.25, 0.3) is 5.91 Å². The molecule has 1 amide bonds. The maximum atomic E-state index is 12.6. The van der Waals surface area contributed by atoms with Crippen LogP contribution in [-0.2, 0) is 14.8 Å². The molecule has 0 aliphatic carbocycles. The van der Waals surface area contributed by atoms with Crippen molar-refractivity contribution in [1.82, 2.24) is 0 Å². The van der Waals surface area contributed by atoms with Crippen LogP contribution in [0.1, 0.15) is 24.5 Å². The number of carbonyl (C=O) groups is 1. The van der Waals surface area contributed by atoms with Gasteiger partial charge >= 0.3 is 0 Å². The van der Waals surface area contributed by atoms with Gasteiger partial charge in [-0.05, 0) is 67.8 Å². The Labute approximate surface area is 161 Å². The van der Waals surface area contributed by atoms with E-state index in [0.29, 0.717) is 17.9 Å². The number of carbonyl (C=O) groups excluding carboxylic acids is 1. The Morgan fingerprint density at radius 3 is 2.15 bits per heavy atom. The molecule has 1 N–H and O–H groups in total. The minimum atomic E-state index is -3.32. The molecule has 0 aliphatic heterocycles. The van der Waals surface area contributed by atoms with Crippen molar-refractivity contribution >= 4 is 27.3 Å². The van der Waals surface area contributed by atoms with E-state index in [1.54, 1.807) is 24.3 Å². The number of ether oxygens (including phenoxy) is 1. The van der Waals surface area contributed by atoms with E-state index in [4.69, 9.17) is 4.74 Å². The average molecular weight is 391 g/mol. The van der Waals surface area contributed by atoms with Crippen LogP contribution in [0.25, 0.3) is 0 Å². The first-order valence-electron chi connectivity index (χ1n) is 8.70. The number of nitrogens with one attached hydrogen (secondary N) is 1. The molecule has 0 fully saturated rings. The molecular weight excluding hydrogens is 364 g/mol. The van der Waals surface area contributed by atoms with Gasteiger partial charge in [-0.3, -0.25) is 9.10 Å². The van der Waals surface area contributed by atoms with Crippen LogP contribution < -0.4 is 14.4 Å². The fraction of sp³-hybridized carbons (Fsp3) is 0.350. The van der Waals surface area contributed by atoms with Crippen molar-refractivity contribution < 1.29 is 17.9 Å². The smallest absolute Gasteiger partial charge is 0.265 e. The lowest BCUT2D eigenvalue weighted by Crippen LogP contribution is -2.32. The van der Waals surface area contributed by atoms with E-state index in [1.165, 1.54) is 11.4 Å². The maximum absolute atomic E-state index is 12.6.